The second kappa shape index (κ2) is 5.03. The number of nitrogens with zero attached hydrogens (tertiary/aromatic N) is 1. The minimum Gasteiger partial charge on any atom is -0.315 e. The van der Waals surface area contributed by atoms with E-state index in [-0.39, 0.29) is 5.82 Å². The topological polar surface area (TPSA) is 24.9 Å². The fourth-order valence-corrected chi connectivity index (χ4v) is 3.03. The largest absolute Gasteiger partial charge is 0.315 e. The zero-order chi connectivity index (χ0) is 11.5. The third kappa shape index (κ3) is 2.31. The van der Waals surface area contributed by atoms with Crippen molar-refractivity contribution in [2.75, 3.05) is 7.05 Å². The van der Waals surface area contributed by atoms with Gasteiger partial charge in [-0.05, 0) is 35.1 Å². The Bertz CT molecular complexity index is 478. The Kier molecular flexibility index (Phi) is 3.68. The molecule has 0 aliphatic rings. The van der Waals surface area contributed by atoms with E-state index in [9.17, 15) is 4.39 Å². The summed E-state index contributed by atoms with van der Waals surface area (Å²) in [5, 5.41) is 3.75. The molecule has 1 aromatic heterocycles. The van der Waals surface area contributed by atoms with Gasteiger partial charge in [0.25, 0.3) is 0 Å². The lowest BCUT2D eigenvalue weighted by molar-refractivity contribution is 0.630. The van der Waals surface area contributed by atoms with E-state index in [1.54, 1.807) is 12.3 Å². The molecule has 0 atom stereocenters. The van der Waals surface area contributed by atoms with Crippen molar-refractivity contribution >= 4 is 27.3 Å². The van der Waals surface area contributed by atoms with E-state index in [1.165, 1.54) is 17.4 Å². The molecule has 2 aromatic rings. The molecule has 1 heterocycles. The summed E-state index contributed by atoms with van der Waals surface area (Å²) >= 11 is 4.84. The minimum absolute atomic E-state index is 0.250. The molecule has 0 saturated heterocycles. The molecule has 1 N–H and O–H groups in total. The van der Waals surface area contributed by atoms with E-state index in [0.717, 1.165) is 15.9 Å². The molecule has 0 radical (unpaired) electrons. The summed E-state index contributed by atoms with van der Waals surface area (Å²) in [4.78, 5) is 5.33. The van der Waals surface area contributed by atoms with Gasteiger partial charge in [0.1, 0.15) is 10.8 Å². The molecule has 2 rings (SSSR count). The normalized spacial score (nSPS) is 10.7. The average molecular weight is 301 g/mol. The summed E-state index contributed by atoms with van der Waals surface area (Å²) in [6.07, 6.45) is 1.77. The van der Waals surface area contributed by atoms with Crippen molar-refractivity contribution in [1.82, 2.24) is 10.3 Å². The van der Waals surface area contributed by atoms with Gasteiger partial charge in [0, 0.05) is 22.1 Å². The van der Waals surface area contributed by atoms with Gasteiger partial charge in [0.05, 0.1) is 5.56 Å². The van der Waals surface area contributed by atoms with Crippen molar-refractivity contribution < 1.29 is 4.39 Å². The van der Waals surface area contributed by atoms with Crippen LogP contribution in [0.4, 0.5) is 4.39 Å². The quantitative estimate of drug-likeness (QED) is 0.939. The summed E-state index contributed by atoms with van der Waals surface area (Å²) in [6.45, 7) is 0.754. The van der Waals surface area contributed by atoms with Crippen LogP contribution in [0.2, 0.25) is 0 Å². The molecule has 2 nitrogen and oxygen atoms in total. The van der Waals surface area contributed by atoms with Crippen LogP contribution in [-0.4, -0.2) is 12.0 Å². The zero-order valence-electron chi connectivity index (χ0n) is 8.63. The number of halogens is 2. The van der Waals surface area contributed by atoms with Gasteiger partial charge in [-0.15, -0.1) is 11.3 Å². The molecule has 0 amide bonds. The molecule has 0 fully saturated rings. The Hall–Kier alpha value is -0.780. The highest BCUT2D eigenvalue weighted by Crippen LogP contribution is 2.33. The van der Waals surface area contributed by atoms with E-state index in [0.29, 0.717) is 10.6 Å². The van der Waals surface area contributed by atoms with Crippen molar-refractivity contribution in [3.8, 4) is 10.6 Å². The second-order valence-corrected chi connectivity index (χ2v) is 5.23. The molecule has 0 spiro atoms. The summed E-state index contributed by atoms with van der Waals surface area (Å²) in [5.74, 6) is -0.250. The zero-order valence-corrected chi connectivity index (χ0v) is 11.0. The van der Waals surface area contributed by atoms with Gasteiger partial charge in [0.2, 0.25) is 0 Å². The predicted octanol–water partition coefficient (Wildman–Crippen LogP) is 3.43. The molecule has 5 heteroatoms. The fourth-order valence-electron chi connectivity index (χ4n) is 1.38. The summed E-state index contributed by atoms with van der Waals surface area (Å²) in [7, 11) is 1.87. The SMILES string of the molecule is CNCc1cnc(-c2c(F)cccc2Br)s1. The van der Waals surface area contributed by atoms with Crippen molar-refractivity contribution in [2.24, 2.45) is 0 Å². The third-order valence-corrected chi connectivity index (χ3v) is 3.76. The maximum Gasteiger partial charge on any atom is 0.134 e. The second-order valence-electron chi connectivity index (χ2n) is 3.26. The molecular weight excluding hydrogens is 291 g/mol. The van der Waals surface area contributed by atoms with Crippen LogP contribution in [0.3, 0.4) is 0 Å². The van der Waals surface area contributed by atoms with Gasteiger partial charge in [-0.2, -0.15) is 0 Å². The predicted molar refractivity (Wildman–Crippen MR) is 68.0 cm³/mol. The lowest BCUT2D eigenvalue weighted by Crippen LogP contribution is -2.02. The average Bonchev–Trinajstić information content (AvgIpc) is 2.67. The Balaban J connectivity index is 2.42. The van der Waals surface area contributed by atoms with E-state index in [4.69, 9.17) is 0 Å². The Morgan fingerprint density at radius 3 is 3.00 bits per heavy atom. The van der Waals surface area contributed by atoms with Crippen LogP contribution in [0, 0.1) is 5.82 Å². The van der Waals surface area contributed by atoms with Gasteiger partial charge >= 0.3 is 0 Å². The maximum atomic E-state index is 13.7. The lowest BCUT2D eigenvalue weighted by atomic mass is 10.2. The number of hydrogen-bond acceptors (Lipinski definition) is 3. The first-order chi connectivity index (χ1) is 7.72. The Morgan fingerprint density at radius 1 is 1.50 bits per heavy atom. The molecule has 16 heavy (non-hydrogen) atoms. The monoisotopic (exact) mass is 300 g/mol. The molecule has 84 valence electrons. The standard InChI is InChI=1S/C11H10BrFN2S/c1-14-5-7-6-15-11(16-7)10-8(12)3-2-4-9(10)13/h2-4,6,14H,5H2,1H3. The van der Waals surface area contributed by atoms with E-state index < -0.39 is 0 Å². The van der Waals surface area contributed by atoms with Crippen molar-refractivity contribution in [2.45, 2.75) is 6.54 Å². The Morgan fingerprint density at radius 2 is 2.31 bits per heavy atom. The maximum absolute atomic E-state index is 13.7. The van der Waals surface area contributed by atoms with Crippen LogP contribution >= 0.6 is 27.3 Å². The van der Waals surface area contributed by atoms with Crippen molar-refractivity contribution in [3.05, 3.63) is 39.6 Å². The van der Waals surface area contributed by atoms with Gasteiger partial charge in [0.15, 0.2) is 0 Å². The van der Waals surface area contributed by atoms with E-state index in [1.807, 2.05) is 13.1 Å². The van der Waals surface area contributed by atoms with Crippen LogP contribution in [0.1, 0.15) is 4.88 Å². The minimum atomic E-state index is -0.250. The molecule has 0 aliphatic heterocycles. The van der Waals surface area contributed by atoms with Gasteiger partial charge in [-0.3, -0.25) is 0 Å². The number of thiazole rings is 1. The smallest absolute Gasteiger partial charge is 0.134 e. The fraction of sp³-hybridized carbons (Fsp3) is 0.182. The summed E-state index contributed by atoms with van der Waals surface area (Å²) in [6, 6.07) is 4.93. The molecule has 0 unspecified atom stereocenters. The van der Waals surface area contributed by atoms with Crippen LogP contribution < -0.4 is 5.32 Å². The first-order valence-corrected chi connectivity index (χ1v) is 6.37. The molecule has 0 saturated carbocycles. The van der Waals surface area contributed by atoms with Crippen LogP contribution in [0.15, 0.2) is 28.9 Å². The third-order valence-electron chi connectivity index (χ3n) is 2.08. The number of benzene rings is 1. The molecular formula is C11H10BrFN2S. The van der Waals surface area contributed by atoms with Gasteiger partial charge < -0.3 is 5.32 Å². The Labute approximate surface area is 106 Å². The van der Waals surface area contributed by atoms with Crippen LogP contribution in [-0.2, 0) is 6.54 Å². The summed E-state index contributed by atoms with van der Waals surface area (Å²) < 4.78 is 14.4. The highest BCUT2D eigenvalue weighted by atomic mass is 79.9. The first-order valence-electron chi connectivity index (χ1n) is 4.76. The van der Waals surface area contributed by atoms with Crippen LogP contribution in [0.25, 0.3) is 10.6 Å². The molecule has 0 aliphatic carbocycles. The first kappa shape index (κ1) is 11.7. The van der Waals surface area contributed by atoms with Crippen molar-refractivity contribution in [1.29, 1.82) is 0 Å². The number of nitrogens with one attached hydrogen (secondary N) is 1. The van der Waals surface area contributed by atoms with E-state index >= 15 is 0 Å². The highest BCUT2D eigenvalue weighted by molar-refractivity contribution is 9.10. The molecule has 1 aromatic carbocycles. The van der Waals surface area contributed by atoms with Gasteiger partial charge in [-0.25, -0.2) is 9.37 Å². The number of hydrogen-bond donors (Lipinski definition) is 1. The number of aromatic nitrogens is 1. The highest BCUT2D eigenvalue weighted by Gasteiger charge is 2.12. The van der Waals surface area contributed by atoms with Gasteiger partial charge in [-0.1, -0.05) is 6.07 Å². The van der Waals surface area contributed by atoms with Crippen LogP contribution in [0.5, 0.6) is 0 Å². The number of rotatable bonds is 3. The van der Waals surface area contributed by atoms with Crippen molar-refractivity contribution in [3.63, 3.8) is 0 Å². The summed E-state index contributed by atoms with van der Waals surface area (Å²) in [5.41, 5.74) is 0.537. The molecule has 0 bridgehead atoms. The lowest BCUT2D eigenvalue weighted by Gasteiger charge is -2.01. The van der Waals surface area contributed by atoms with E-state index in [2.05, 4.69) is 26.2 Å².